The van der Waals surface area contributed by atoms with E-state index in [0.717, 1.165) is 18.7 Å². The van der Waals surface area contributed by atoms with Crippen molar-refractivity contribution < 1.29 is 4.79 Å². The van der Waals surface area contributed by atoms with Crippen molar-refractivity contribution in [2.24, 2.45) is 0 Å². The Labute approximate surface area is 112 Å². The number of hydrogen-bond donors (Lipinski definition) is 0. The van der Waals surface area contributed by atoms with Crippen LogP contribution < -0.4 is 0 Å². The molecule has 0 saturated carbocycles. The highest BCUT2D eigenvalue weighted by Gasteiger charge is 2.21. The highest BCUT2D eigenvalue weighted by atomic mass is 16.2. The first-order valence-corrected chi connectivity index (χ1v) is 6.53. The van der Waals surface area contributed by atoms with Gasteiger partial charge in [-0.2, -0.15) is 0 Å². The van der Waals surface area contributed by atoms with Gasteiger partial charge in [-0.15, -0.1) is 0 Å². The molecule has 0 bridgehead atoms. The van der Waals surface area contributed by atoms with Crippen LogP contribution in [0.1, 0.15) is 27.2 Å². The van der Waals surface area contributed by atoms with E-state index in [-0.39, 0.29) is 5.91 Å². The predicted molar refractivity (Wildman–Crippen MR) is 73.9 cm³/mol. The summed E-state index contributed by atoms with van der Waals surface area (Å²) in [6.45, 7) is 3.40. The van der Waals surface area contributed by atoms with Crippen molar-refractivity contribution in [1.82, 2.24) is 9.88 Å². The van der Waals surface area contributed by atoms with Gasteiger partial charge in [0.05, 0.1) is 5.56 Å². The molecule has 3 nitrogen and oxygen atoms in total. The SMILES string of the molecule is Cc1ccc(C(=O)N2CCc3ccccc3C2)cn1. The van der Waals surface area contributed by atoms with Gasteiger partial charge in [0, 0.05) is 25.0 Å². The van der Waals surface area contributed by atoms with Crippen molar-refractivity contribution in [3.05, 3.63) is 65.0 Å². The maximum Gasteiger partial charge on any atom is 0.255 e. The number of pyridine rings is 1. The van der Waals surface area contributed by atoms with Gasteiger partial charge < -0.3 is 4.90 Å². The molecule has 96 valence electrons. The zero-order chi connectivity index (χ0) is 13.2. The minimum absolute atomic E-state index is 0.0713. The number of benzene rings is 1. The molecule has 0 saturated heterocycles. The summed E-state index contributed by atoms with van der Waals surface area (Å²) >= 11 is 0. The number of aromatic nitrogens is 1. The molecule has 3 heteroatoms. The molecule has 0 N–H and O–H groups in total. The van der Waals surface area contributed by atoms with Gasteiger partial charge in [0.25, 0.3) is 5.91 Å². The Morgan fingerprint density at radius 3 is 2.68 bits per heavy atom. The molecule has 0 aliphatic carbocycles. The fraction of sp³-hybridized carbons (Fsp3) is 0.250. The van der Waals surface area contributed by atoms with E-state index in [9.17, 15) is 4.79 Å². The predicted octanol–water partition coefficient (Wildman–Crippen LogP) is 2.59. The van der Waals surface area contributed by atoms with E-state index in [0.29, 0.717) is 12.1 Å². The Morgan fingerprint density at radius 2 is 1.95 bits per heavy atom. The van der Waals surface area contributed by atoms with E-state index in [4.69, 9.17) is 0 Å². The number of fused-ring (bicyclic) bond motifs is 1. The van der Waals surface area contributed by atoms with Gasteiger partial charge in [0.2, 0.25) is 0 Å². The maximum absolute atomic E-state index is 12.4. The number of amides is 1. The van der Waals surface area contributed by atoms with Gasteiger partial charge in [0.1, 0.15) is 0 Å². The fourth-order valence-electron chi connectivity index (χ4n) is 2.45. The van der Waals surface area contributed by atoms with Crippen molar-refractivity contribution in [3.8, 4) is 0 Å². The van der Waals surface area contributed by atoms with Gasteiger partial charge in [0.15, 0.2) is 0 Å². The zero-order valence-corrected chi connectivity index (χ0v) is 11.0. The quantitative estimate of drug-likeness (QED) is 0.781. The van der Waals surface area contributed by atoms with E-state index >= 15 is 0 Å². The highest BCUT2D eigenvalue weighted by molar-refractivity contribution is 5.94. The van der Waals surface area contributed by atoms with Gasteiger partial charge in [-0.1, -0.05) is 24.3 Å². The molecule has 0 spiro atoms. The van der Waals surface area contributed by atoms with Crippen LogP contribution in [0.4, 0.5) is 0 Å². The third-order valence-electron chi connectivity index (χ3n) is 3.58. The van der Waals surface area contributed by atoms with Crippen molar-refractivity contribution in [3.63, 3.8) is 0 Å². The van der Waals surface area contributed by atoms with Crippen LogP contribution in [0.2, 0.25) is 0 Å². The Morgan fingerprint density at radius 1 is 1.16 bits per heavy atom. The first-order chi connectivity index (χ1) is 9.24. The monoisotopic (exact) mass is 252 g/mol. The van der Waals surface area contributed by atoms with Crippen LogP contribution in [0, 0.1) is 6.92 Å². The van der Waals surface area contributed by atoms with Crippen molar-refractivity contribution >= 4 is 5.91 Å². The van der Waals surface area contributed by atoms with Crippen LogP contribution in [0.3, 0.4) is 0 Å². The molecule has 0 atom stereocenters. The Bertz CT molecular complexity index is 604. The van der Waals surface area contributed by atoms with Crippen LogP contribution in [-0.4, -0.2) is 22.3 Å². The summed E-state index contributed by atoms with van der Waals surface area (Å²) in [5, 5.41) is 0. The highest BCUT2D eigenvalue weighted by Crippen LogP contribution is 2.20. The van der Waals surface area contributed by atoms with Crippen LogP contribution >= 0.6 is 0 Å². The summed E-state index contributed by atoms with van der Waals surface area (Å²) in [5.41, 5.74) is 4.21. The Kier molecular flexibility index (Phi) is 3.03. The summed E-state index contributed by atoms with van der Waals surface area (Å²) in [4.78, 5) is 18.5. The molecule has 1 aliphatic rings. The number of aryl methyl sites for hydroxylation is 1. The lowest BCUT2D eigenvalue weighted by molar-refractivity contribution is 0.0734. The fourth-order valence-corrected chi connectivity index (χ4v) is 2.45. The summed E-state index contributed by atoms with van der Waals surface area (Å²) in [5.74, 6) is 0.0713. The first kappa shape index (κ1) is 11.9. The molecule has 2 heterocycles. The number of hydrogen-bond acceptors (Lipinski definition) is 2. The minimum Gasteiger partial charge on any atom is -0.334 e. The third kappa shape index (κ3) is 2.36. The van der Waals surface area contributed by atoms with Crippen LogP contribution in [0.25, 0.3) is 0 Å². The number of nitrogens with zero attached hydrogens (tertiary/aromatic N) is 2. The van der Waals surface area contributed by atoms with Gasteiger partial charge in [-0.25, -0.2) is 0 Å². The van der Waals surface area contributed by atoms with Crippen molar-refractivity contribution in [2.45, 2.75) is 19.9 Å². The molecule has 1 amide bonds. The van der Waals surface area contributed by atoms with Crippen molar-refractivity contribution in [2.75, 3.05) is 6.54 Å². The Balaban J connectivity index is 1.81. The average Bonchev–Trinajstić information content (AvgIpc) is 2.47. The second-order valence-corrected chi connectivity index (χ2v) is 4.93. The summed E-state index contributed by atoms with van der Waals surface area (Å²) in [6, 6.07) is 12.1. The molecule has 0 fully saturated rings. The van der Waals surface area contributed by atoms with E-state index in [1.54, 1.807) is 6.20 Å². The number of rotatable bonds is 1. The lowest BCUT2D eigenvalue weighted by atomic mass is 9.99. The zero-order valence-electron chi connectivity index (χ0n) is 11.0. The van der Waals surface area contributed by atoms with E-state index in [1.807, 2.05) is 30.0 Å². The van der Waals surface area contributed by atoms with E-state index in [1.165, 1.54) is 11.1 Å². The molecule has 3 rings (SSSR count). The molecule has 1 aliphatic heterocycles. The van der Waals surface area contributed by atoms with Gasteiger partial charge in [-0.3, -0.25) is 9.78 Å². The molecule has 0 radical (unpaired) electrons. The average molecular weight is 252 g/mol. The van der Waals surface area contributed by atoms with E-state index < -0.39 is 0 Å². The Hall–Kier alpha value is -2.16. The number of carbonyl (C=O) groups is 1. The number of carbonyl (C=O) groups excluding carboxylic acids is 1. The topological polar surface area (TPSA) is 33.2 Å². The minimum atomic E-state index is 0.0713. The molecule has 1 aromatic carbocycles. The normalized spacial score (nSPS) is 14.1. The van der Waals surface area contributed by atoms with Gasteiger partial charge in [-0.05, 0) is 36.6 Å². The largest absolute Gasteiger partial charge is 0.334 e. The lowest BCUT2D eigenvalue weighted by Crippen LogP contribution is -2.35. The lowest BCUT2D eigenvalue weighted by Gasteiger charge is -2.28. The second-order valence-electron chi connectivity index (χ2n) is 4.93. The van der Waals surface area contributed by atoms with Crippen molar-refractivity contribution in [1.29, 1.82) is 0 Å². The summed E-state index contributed by atoms with van der Waals surface area (Å²) in [7, 11) is 0. The molecule has 2 aromatic rings. The smallest absolute Gasteiger partial charge is 0.255 e. The summed E-state index contributed by atoms with van der Waals surface area (Å²) in [6.07, 6.45) is 2.60. The second kappa shape index (κ2) is 4.84. The van der Waals surface area contributed by atoms with Crippen LogP contribution in [-0.2, 0) is 13.0 Å². The molecular formula is C16H16N2O. The van der Waals surface area contributed by atoms with Crippen LogP contribution in [0.5, 0.6) is 0 Å². The molecule has 0 unspecified atom stereocenters. The third-order valence-corrected chi connectivity index (χ3v) is 3.58. The standard InChI is InChI=1S/C16H16N2O/c1-12-6-7-14(10-17-12)16(19)18-9-8-13-4-2-3-5-15(13)11-18/h2-7,10H,8-9,11H2,1H3. The van der Waals surface area contributed by atoms with E-state index in [2.05, 4.69) is 23.2 Å². The molecule has 19 heavy (non-hydrogen) atoms. The first-order valence-electron chi connectivity index (χ1n) is 6.53. The summed E-state index contributed by atoms with van der Waals surface area (Å²) < 4.78 is 0. The molecular weight excluding hydrogens is 236 g/mol. The maximum atomic E-state index is 12.4. The van der Waals surface area contributed by atoms with Gasteiger partial charge >= 0.3 is 0 Å². The van der Waals surface area contributed by atoms with Crippen LogP contribution in [0.15, 0.2) is 42.6 Å². The molecule has 1 aromatic heterocycles.